The Labute approximate surface area is 119 Å². The molecule has 20 heavy (non-hydrogen) atoms. The number of hydrogen-bond acceptors (Lipinski definition) is 3. The predicted molar refractivity (Wildman–Crippen MR) is 77.4 cm³/mol. The van der Waals surface area contributed by atoms with Gasteiger partial charge in [0.25, 0.3) is 5.91 Å². The molecule has 0 saturated heterocycles. The van der Waals surface area contributed by atoms with Crippen LogP contribution in [0, 0.1) is 5.92 Å². The molecule has 0 aliphatic rings. The molecule has 5 nitrogen and oxygen atoms in total. The van der Waals surface area contributed by atoms with Crippen LogP contribution in [0.25, 0.3) is 0 Å². The van der Waals surface area contributed by atoms with Gasteiger partial charge >= 0.3 is 0 Å². The van der Waals surface area contributed by atoms with Crippen LogP contribution < -0.4 is 11.1 Å². The second-order valence-electron chi connectivity index (χ2n) is 5.29. The van der Waals surface area contributed by atoms with E-state index in [2.05, 4.69) is 5.32 Å². The van der Waals surface area contributed by atoms with E-state index >= 15 is 0 Å². The number of carbonyl (C=O) groups is 2. The zero-order chi connectivity index (χ0) is 15.3. The molecule has 0 heterocycles. The molecule has 1 aromatic carbocycles. The molecule has 110 valence electrons. The van der Waals surface area contributed by atoms with Crippen LogP contribution in [0.15, 0.2) is 24.3 Å². The molecule has 0 radical (unpaired) electrons. The molecular weight excluding hydrogens is 256 g/mol. The van der Waals surface area contributed by atoms with Crippen molar-refractivity contribution in [2.45, 2.75) is 32.8 Å². The van der Waals surface area contributed by atoms with Crippen molar-refractivity contribution in [3.8, 4) is 0 Å². The predicted octanol–water partition coefficient (Wildman–Crippen LogP) is 1.31. The van der Waals surface area contributed by atoms with Gasteiger partial charge in [-0.05, 0) is 37.1 Å². The zero-order valence-electron chi connectivity index (χ0n) is 12.1. The van der Waals surface area contributed by atoms with Crippen molar-refractivity contribution in [1.82, 2.24) is 5.32 Å². The second kappa shape index (κ2) is 6.52. The van der Waals surface area contributed by atoms with Crippen molar-refractivity contribution in [3.63, 3.8) is 0 Å². The van der Waals surface area contributed by atoms with E-state index in [9.17, 15) is 14.7 Å². The van der Waals surface area contributed by atoms with E-state index in [0.29, 0.717) is 11.1 Å². The van der Waals surface area contributed by atoms with Gasteiger partial charge in [0, 0.05) is 17.7 Å². The molecule has 0 spiro atoms. The minimum atomic E-state index is -0.947. The monoisotopic (exact) mass is 278 g/mol. The summed E-state index contributed by atoms with van der Waals surface area (Å²) in [6.07, 6.45) is 0.830. The highest BCUT2D eigenvalue weighted by atomic mass is 16.3. The lowest BCUT2D eigenvalue weighted by atomic mass is 9.88. The number of rotatable bonds is 6. The third-order valence-corrected chi connectivity index (χ3v) is 3.71. The Kier molecular flexibility index (Phi) is 5.27. The van der Waals surface area contributed by atoms with Crippen molar-refractivity contribution >= 4 is 11.8 Å². The molecule has 0 aromatic heterocycles. The lowest BCUT2D eigenvalue weighted by molar-refractivity contribution is 0.00592. The number of carbonyl (C=O) groups excluding carboxylic acids is 2. The Balaban J connectivity index is 2.65. The van der Waals surface area contributed by atoms with Crippen LogP contribution in [-0.2, 0) is 0 Å². The molecule has 0 fully saturated rings. The summed E-state index contributed by atoms with van der Waals surface area (Å²) in [6.45, 7) is 5.81. The SMILES string of the molecule is CCC(C)C(C)(O)CNC(=O)c1ccc(C(N)=O)cc1. The summed E-state index contributed by atoms with van der Waals surface area (Å²) < 4.78 is 0. The fourth-order valence-corrected chi connectivity index (χ4v) is 1.76. The van der Waals surface area contributed by atoms with Gasteiger partial charge in [-0.15, -0.1) is 0 Å². The van der Waals surface area contributed by atoms with Crippen LogP contribution in [0.3, 0.4) is 0 Å². The summed E-state index contributed by atoms with van der Waals surface area (Å²) in [7, 11) is 0. The van der Waals surface area contributed by atoms with Crippen LogP contribution in [-0.4, -0.2) is 29.1 Å². The van der Waals surface area contributed by atoms with Gasteiger partial charge in [0.2, 0.25) is 5.91 Å². The maximum atomic E-state index is 11.9. The molecule has 0 aliphatic heterocycles. The van der Waals surface area contributed by atoms with E-state index in [1.165, 1.54) is 24.3 Å². The number of nitrogens with two attached hydrogens (primary N) is 1. The third-order valence-electron chi connectivity index (χ3n) is 3.71. The van der Waals surface area contributed by atoms with Crippen LogP contribution in [0.2, 0.25) is 0 Å². The van der Waals surface area contributed by atoms with Gasteiger partial charge in [0.1, 0.15) is 0 Å². The summed E-state index contributed by atoms with van der Waals surface area (Å²) in [5.41, 5.74) is 4.97. The average molecular weight is 278 g/mol. The smallest absolute Gasteiger partial charge is 0.251 e. The molecular formula is C15H22N2O3. The Bertz CT molecular complexity index is 480. The van der Waals surface area contributed by atoms with Gasteiger partial charge in [-0.25, -0.2) is 0 Å². The summed E-state index contributed by atoms with van der Waals surface area (Å²) in [5.74, 6) is -0.735. The van der Waals surface area contributed by atoms with E-state index in [1.54, 1.807) is 6.92 Å². The van der Waals surface area contributed by atoms with Crippen molar-refractivity contribution in [2.75, 3.05) is 6.54 Å². The van der Waals surface area contributed by atoms with E-state index < -0.39 is 11.5 Å². The van der Waals surface area contributed by atoms with Crippen molar-refractivity contribution in [3.05, 3.63) is 35.4 Å². The first-order valence-corrected chi connectivity index (χ1v) is 6.68. The van der Waals surface area contributed by atoms with Gasteiger partial charge in [0.05, 0.1) is 5.60 Å². The van der Waals surface area contributed by atoms with Gasteiger partial charge < -0.3 is 16.2 Å². The molecule has 2 unspecified atom stereocenters. The Morgan fingerprint density at radius 1 is 1.30 bits per heavy atom. The van der Waals surface area contributed by atoms with Gasteiger partial charge in [-0.3, -0.25) is 9.59 Å². The maximum absolute atomic E-state index is 11.9. The lowest BCUT2D eigenvalue weighted by Crippen LogP contribution is -2.45. The lowest BCUT2D eigenvalue weighted by Gasteiger charge is -2.29. The number of nitrogens with one attached hydrogen (secondary N) is 1. The number of primary amides is 1. The molecule has 0 bridgehead atoms. The van der Waals surface area contributed by atoms with E-state index in [0.717, 1.165) is 6.42 Å². The average Bonchev–Trinajstić information content (AvgIpc) is 2.43. The highest BCUT2D eigenvalue weighted by molar-refractivity contribution is 5.97. The van der Waals surface area contributed by atoms with Crippen LogP contribution in [0.5, 0.6) is 0 Å². The standard InChI is InChI=1S/C15H22N2O3/c1-4-10(2)15(3,20)9-17-14(19)12-7-5-11(6-8-12)13(16)18/h5-8,10,20H,4,9H2,1-3H3,(H2,16,18)(H,17,19). The summed E-state index contributed by atoms with van der Waals surface area (Å²) in [6, 6.07) is 6.08. The number of hydrogen-bond donors (Lipinski definition) is 3. The number of benzene rings is 1. The Hall–Kier alpha value is -1.88. The summed E-state index contributed by atoms with van der Waals surface area (Å²) >= 11 is 0. The molecule has 2 atom stereocenters. The fourth-order valence-electron chi connectivity index (χ4n) is 1.76. The second-order valence-corrected chi connectivity index (χ2v) is 5.29. The summed E-state index contributed by atoms with van der Waals surface area (Å²) in [4.78, 5) is 22.9. The largest absolute Gasteiger partial charge is 0.388 e. The third kappa shape index (κ3) is 4.06. The summed E-state index contributed by atoms with van der Waals surface area (Å²) in [5, 5.41) is 12.9. The molecule has 4 N–H and O–H groups in total. The first kappa shape index (κ1) is 16.2. The van der Waals surface area contributed by atoms with Crippen LogP contribution in [0.1, 0.15) is 47.9 Å². The van der Waals surface area contributed by atoms with Crippen LogP contribution in [0.4, 0.5) is 0 Å². The minimum Gasteiger partial charge on any atom is -0.388 e. The fraction of sp³-hybridized carbons (Fsp3) is 0.467. The maximum Gasteiger partial charge on any atom is 0.251 e. The van der Waals surface area contributed by atoms with E-state index in [-0.39, 0.29) is 18.4 Å². The molecule has 1 aromatic rings. The topological polar surface area (TPSA) is 92.4 Å². The first-order valence-electron chi connectivity index (χ1n) is 6.68. The zero-order valence-corrected chi connectivity index (χ0v) is 12.1. The van der Waals surface area contributed by atoms with Crippen LogP contribution >= 0.6 is 0 Å². The first-order chi connectivity index (χ1) is 9.27. The molecule has 5 heteroatoms. The molecule has 1 rings (SSSR count). The molecule has 0 aliphatic carbocycles. The van der Waals surface area contributed by atoms with Gasteiger partial charge in [-0.1, -0.05) is 20.3 Å². The van der Waals surface area contributed by atoms with Crippen molar-refractivity contribution in [2.24, 2.45) is 11.7 Å². The Morgan fingerprint density at radius 3 is 2.25 bits per heavy atom. The molecule has 2 amide bonds. The van der Waals surface area contributed by atoms with Crippen molar-refractivity contribution in [1.29, 1.82) is 0 Å². The Morgan fingerprint density at radius 2 is 1.80 bits per heavy atom. The number of aliphatic hydroxyl groups is 1. The minimum absolute atomic E-state index is 0.0834. The number of amides is 2. The van der Waals surface area contributed by atoms with Gasteiger partial charge in [-0.2, -0.15) is 0 Å². The van der Waals surface area contributed by atoms with E-state index in [1.807, 2.05) is 13.8 Å². The highest BCUT2D eigenvalue weighted by Gasteiger charge is 2.27. The quantitative estimate of drug-likeness (QED) is 0.732. The highest BCUT2D eigenvalue weighted by Crippen LogP contribution is 2.19. The van der Waals surface area contributed by atoms with E-state index in [4.69, 9.17) is 5.73 Å². The van der Waals surface area contributed by atoms with Crippen molar-refractivity contribution < 1.29 is 14.7 Å². The van der Waals surface area contributed by atoms with Gasteiger partial charge in [0.15, 0.2) is 0 Å². The molecule has 0 saturated carbocycles. The normalized spacial score (nSPS) is 15.2.